The number of hydrogen-bond acceptors (Lipinski definition) is 3. The Balaban J connectivity index is 1.58. The maximum absolute atomic E-state index is 11.8. The van der Waals surface area contributed by atoms with Crippen molar-refractivity contribution < 1.29 is 4.79 Å². The molecule has 128 valence electrons. The predicted octanol–water partition coefficient (Wildman–Crippen LogP) is 2.34. The second-order valence-corrected chi connectivity index (χ2v) is 7.75. The molecule has 1 amide bonds. The van der Waals surface area contributed by atoms with Gasteiger partial charge in [0.2, 0.25) is 5.91 Å². The summed E-state index contributed by atoms with van der Waals surface area (Å²) in [5.41, 5.74) is 0. The van der Waals surface area contributed by atoms with Gasteiger partial charge in [-0.2, -0.15) is 0 Å². The highest BCUT2D eigenvalue weighted by Gasteiger charge is 2.22. The van der Waals surface area contributed by atoms with E-state index in [0.29, 0.717) is 6.54 Å². The SMILES string of the molecule is CC1CCN(CCC2CCN(CC(=O)NC(C)C)CC2)CC1. The fourth-order valence-electron chi connectivity index (χ4n) is 3.65. The van der Waals surface area contributed by atoms with E-state index in [-0.39, 0.29) is 11.9 Å². The van der Waals surface area contributed by atoms with E-state index >= 15 is 0 Å². The molecule has 4 nitrogen and oxygen atoms in total. The van der Waals surface area contributed by atoms with Crippen LogP contribution in [0.4, 0.5) is 0 Å². The van der Waals surface area contributed by atoms with Crippen LogP contribution in [-0.2, 0) is 4.79 Å². The summed E-state index contributed by atoms with van der Waals surface area (Å²) in [5, 5.41) is 2.99. The van der Waals surface area contributed by atoms with Crippen LogP contribution in [0.15, 0.2) is 0 Å². The van der Waals surface area contributed by atoms with Crippen molar-refractivity contribution in [2.45, 2.75) is 58.9 Å². The van der Waals surface area contributed by atoms with Crippen LogP contribution >= 0.6 is 0 Å². The van der Waals surface area contributed by atoms with Crippen molar-refractivity contribution in [1.82, 2.24) is 15.1 Å². The zero-order valence-electron chi connectivity index (χ0n) is 14.8. The van der Waals surface area contributed by atoms with Crippen molar-refractivity contribution in [3.05, 3.63) is 0 Å². The highest BCUT2D eigenvalue weighted by molar-refractivity contribution is 5.78. The van der Waals surface area contributed by atoms with E-state index in [1.165, 1.54) is 51.7 Å². The minimum atomic E-state index is 0.177. The minimum Gasteiger partial charge on any atom is -0.353 e. The molecule has 0 spiro atoms. The average molecular weight is 309 g/mol. The molecule has 0 aliphatic carbocycles. The minimum absolute atomic E-state index is 0.177. The van der Waals surface area contributed by atoms with Crippen molar-refractivity contribution >= 4 is 5.91 Å². The molecule has 0 aromatic carbocycles. The lowest BCUT2D eigenvalue weighted by Crippen LogP contribution is -2.43. The Kier molecular flexibility index (Phi) is 7.16. The molecule has 0 radical (unpaired) electrons. The molecule has 4 heteroatoms. The van der Waals surface area contributed by atoms with E-state index < -0.39 is 0 Å². The van der Waals surface area contributed by atoms with Gasteiger partial charge in [-0.3, -0.25) is 9.69 Å². The number of nitrogens with zero attached hydrogens (tertiary/aromatic N) is 2. The Morgan fingerprint density at radius 2 is 1.64 bits per heavy atom. The number of amides is 1. The van der Waals surface area contributed by atoms with Gasteiger partial charge < -0.3 is 10.2 Å². The van der Waals surface area contributed by atoms with Gasteiger partial charge in [-0.15, -0.1) is 0 Å². The topological polar surface area (TPSA) is 35.6 Å². The molecule has 2 saturated heterocycles. The number of carbonyl (C=O) groups excluding carboxylic acids is 1. The van der Waals surface area contributed by atoms with Gasteiger partial charge in [0.05, 0.1) is 6.54 Å². The highest BCUT2D eigenvalue weighted by Crippen LogP contribution is 2.22. The zero-order chi connectivity index (χ0) is 15.9. The lowest BCUT2D eigenvalue weighted by Gasteiger charge is -2.34. The van der Waals surface area contributed by atoms with E-state index in [1.807, 2.05) is 13.8 Å². The van der Waals surface area contributed by atoms with E-state index in [4.69, 9.17) is 0 Å². The highest BCUT2D eigenvalue weighted by atomic mass is 16.2. The molecule has 0 atom stereocenters. The zero-order valence-corrected chi connectivity index (χ0v) is 14.8. The van der Waals surface area contributed by atoms with Gasteiger partial charge in [0, 0.05) is 6.04 Å². The third-order valence-electron chi connectivity index (χ3n) is 5.25. The van der Waals surface area contributed by atoms with Crippen LogP contribution in [0.2, 0.25) is 0 Å². The first kappa shape index (κ1) is 17.7. The van der Waals surface area contributed by atoms with Crippen LogP contribution in [0, 0.1) is 11.8 Å². The number of likely N-dealkylation sites (tertiary alicyclic amines) is 2. The summed E-state index contributed by atoms with van der Waals surface area (Å²) in [6, 6.07) is 0.248. The van der Waals surface area contributed by atoms with Gasteiger partial charge in [0.25, 0.3) is 0 Å². The molecule has 0 aromatic heterocycles. The molecule has 0 aromatic rings. The van der Waals surface area contributed by atoms with Gasteiger partial charge >= 0.3 is 0 Å². The predicted molar refractivity (Wildman–Crippen MR) is 91.9 cm³/mol. The lowest BCUT2D eigenvalue weighted by atomic mass is 9.92. The van der Waals surface area contributed by atoms with E-state index in [0.717, 1.165) is 24.9 Å². The Labute approximate surface area is 136 Å². The van der Waals surface area contributed by atoms with Crippen molar-refractivity contribution in [2.75, 3.05) is 39.3 Å². The van der Waals surface area contributed by atoms with Crippen LogP contribution in [0.5, 0.6) is 0 Å². The smallest absolute Gasteiger partial charge is 0.234 e. The first-order valence-electron chi connectivity index (χ1n) is 9.27. The maximum Gasteiger partial charge on any atom is 0.234 e. The van der Waals surface area contributed by atoms with Crippen molar-refractivity contribution in [3.8, 4) is 0 Å². The Morgan fingerprint density at radius 1 is 1.05 bits per heavy atom. The number of nitrogens with one attached hydrogen (secondary N) is 1. The lowest BCUT2D eigenvalue weighted by molar-refractivity contribution is -0.123. The molecule has 2 fully saturated rings. The van der Waals surface area contributed by atoms with Crippen molar-refractivity contribution in [3.63, 3.8) is 0 Å². The largest absolute Gasteiger partial charge is 0.353 e. The summed E-state index contributed by atoms with van der Waals surface area (Å²) in [7, 11) is 0. The fraction of sp³-hybridized carbons (Fsp3) is 0.944. The molecule has 0 saturated carbocycles. The van der Waals surface area contributed by atoms with E-state index in [1.54, 1.807) is 0 Å². The quantitative estimate of drug-likeness (QED) is 0.818. The Bertz CT molecular complexity index is 329. The van der Waals surface area contributed by atoms with Gasteiger partial charge in [-0.05, 0) is 90.5 Å². The molecule has 2 aliphatic rings. The van der Waals surface area contributed by atoms with Crippen molar-refractivity contribution in [2.24, 2.45) is 11.8 Å². The molecule has 0 bridgehead atoms. The molecular weight excluding hydrogens is 274 g/mol. The molecule has 2 aliphatic heterocycles. The molecule has 2 rings (SSSR count). The first-order chi connectivity index (χ1) is 10.5. The van der Waals surface area contributed by atoms with E-state index in [2.05, 4.69) is 22.0 Å². The van der Waals surface area contributed by atoms with E-state index in [9.17, 15) is 4.79 Å². The summed E-state index contributed by atoms with van der Waals surface area (Å²) in [5.74, 6) is 1.97. The second kappa shape index (κ2) is 8.88. The van der Waals surface area contributed by atoms with Gasteiger partial charge in [0.15, 0.2) is 0 Å². The Morgan fingerprint density at radius 3 is 2.23 bits per heavy atom. The van der Waals surface area contributed by atoms with Crippen LogP contribution < -0.4 is 5.32 Å². The number of carbonyl (C=O) groups is 1. The van der Waals surface area contributed by atoms with Gasteiger partial charge in [-0.1, -0.05) is 6.92 Å². The molecular formula is C18H35N3O. The summed E-state index contributed by atoms with van der Waals surface area (Å²) in [4.78, 5) is 16.8. The number of rotatable bonds is 6. The third kappa shape index (κ3) is 6.25. The van der Waals surface area contributed by atoms with Crippen LogP contribution in [0.3, 0.4) is 0 Å². The monoisotopic (exact) mass is 309 g/mol. The van der Waals surface area contributed by atoms with Crippen LogP contribution in [-0.4, -0.2) is 61.0 Å². The molecule has 2 heterocycles. The molecule has 22 heavy (non-hydrogen) atoms. The summed E-state index contributed by atoms with van der Waals surface area (Å²) >= 11 is 0. The summed E-state index contributed by atoms with van der Waals surface area (Å²) in [6.45, 7) is 13.1. The number of piperidine rings is 2. The normalized spacial score (nSPS) is 23.1. The van der Waals surface area contributed by atoms with Crippen molar-refractivity contribution in [1.29, 1.82) is 0 Å². The van der Waals surface area contributed by atoms with Gasteiger partial charge in [0.1, 0.15) is 0 Å². The Hall–Kier alpha value is -0.610. The summed E-state index contributed by atoms with van der Waals surface area (Å²) < 4.78 is 0. The van der Waals surface area contributed by atoms with Crippen LogP contribution in [0.1, 0.15) is 52.9 Å². The summed E-state index contributed by atoms with van der Waals surface area (Å²) in [6.07, 6.45) is 6.63. The maximum atomic E-state index is 11.8. The molecule has 0 unspecified atom stereocenters. The standard InChI is InChI=1S/C18H35N3O/c1-15(2)19-18(22)14-21-12-7-17(8-13-21)6-11-20-9-4-16(3)5-10-20/h15-17H,4-14H2,1-3H3,(H,19,22). The average Bonchev–Trinajstić information content (AvgIpc) is 2.47. The number of hydrogen-bond donors (Lipinski definition) is 1. The second-order valence-electron chi connectivity index (χ2n) is 7.75. The first-order valence-corrected chi connectivity index (χ1v) is 9.27. The fourth-order valence-corrected chi connectivity index (χ4v) is 3.65. The van der Waals surface area contributed by atoms with Crippen LogP contribution in [0.25, 0.3) is 0 Å². The van der Waals surface area contributed by atoms with Gasteiger partial charge in [-0.25, -0.2) is 0 Å². The molecule has 1 N–H and O–H groups in total. The third-order valence-corrected chi connectivity index (χ3v) is 5.25.